The molecule has 0 heterocycles. The lowest BCUT2D eigenvalue weighted by atomic mass is 10.1. The van der Waals surface area contributed by atoms with Gasteiger partial charge in [0.15, 0.2) is 0 Å². The molecule has 0 aliphatic rings. The summed E-state index contributed by atoms with van der Waals surface area (Å²) in [5.74, 6) is 5.16. The summed E-state index contributed by atoms with van der Waals surface area (Å²) >= 11 is 0. The van der Waals surface area contributed by atoms with E-state index in [4.69, 9.17) is 5.11 Å². The van der Waals surface area contributed by atoms with Gasteiger partial charge in [-0.2, -0.15) is 0 Å². The molecule has 114 valence electrons. The largest absolute Gasteiger partial charge is 0.395 e. The molecule has 2 N–H and O–H groups in total. The van der Waals surface area contributed by atoms with Crippen LogP contribution < -0.4 is 5.32 Å². The van der Waals surface area contributed by atoms with Gasteiger partial charge in [-0.05, 0) is 24.6 Å². The highest BCUT2D eigenvalue weighted by atomic mass is 19.1. The van der Waals surface area contributed by atoms with Crippen LogP contribution in [-0.4, -0.2) is 17.6 Å². The van der Waals surface area contributed by atoms with Gasteiger partial charge < -0.3 is 10.4 Å². The number of amides is 1. The molecule has 0 spiro atoms. The predicted molar refractivity (Wildman–Crippen MR) is 80.9 cm³/mol. The number of aliphatic hydroxyl groups excluding tert-OH is 1. The highest BCUT2D eigenvalue weighted by Crippen LogP contribution is 2.11. The van der Waals surface area contributed by atoms with Crippen molar-refractivity contribution in [3.8, 4) is 11.8 Å². The van der Waals surface area contributed by atoms with Crippen LogP contribution in [0.3, 0.4) is 0 Å². The molecule has 1 atom stereocenters. The molecule has 0 saturated heterocycles. The first-order valence-electron chi connectivity index (χ1n) is 7.24. The second-order valence-corrected chi connectivity index (χ2v) is 4.99. The molecule has 0 bridgehead atoms. The molecule has 21 heavy (non-hydrogen) atoms. The van der Waals surface area contributed by atoms with Crippen LogP contribution in [0, 0.1) is 23.6 Å². The summed E-state index contributed by atoms with van der Waals surface area (Å²) in [6.45, 7) is 4.06. The van der Waals surface area contributed by atoms with Crippen LogP contribution in [0.2, 0.25) is 0 Å². The van der Waals surface area contributed by atoms with E-state index in [0.29, 0.717) is 17.5 Å². The maximum absolute atomic E-state index is 13.7. The SMILES string of the molecule is CCCC(C)C(=O)NCc1cc(C#CCCO)ccc1F. The summed E-state index contributed by atoms with van der Waals surface area (Å²) < 4.78 is 13.7. The Kier molecular flexibility index (Phi) is 7.49. The fourth-order valence-corrected chi connectivity index (χ4v) is 1.93. The molecule has 0 aliphatic carbocycles. The minimum absolute atomic E-state index is 0.00638. The summed E-state index contributed by atoms with van der Waals surface area (Å²) in [6, 6.07) is 4.56. The number of halogens is 1. The Balaban J connectivity index is 2.68. The number of rotatable bonds is 6. The Labute approximate surface area is 125 Å². The number of aliphatic hydroxyl groups is 1. The van der Waals surface area contributed by atoms with E-state index in [-0.39, 0.29) is 30.8 Å². The Hall–Kier alpha value is -1.86. The molecule has 1 rings (SSSR count). The van der Waals surface area contributed by atoms with Crippen molar-refractivity contribution in [3.05, 3.63) is 35.1 Å². The maximum Gasteiger partial charge on any atom is 0.223 e. The van der Waals surface area contributed by atoms with Crippen molar-refractivity contribution in [1.29, 1.82) is 0 Å². The molecule has 1 aromatic carbocycles. The molecule has 0 aromatic heterocycles. The van der Waals surface area contributed by atoms with Crippen molar-refractivity contribution in [1.82, 2.24) is 5.32 Å². The van der Waals surface area contributed by atoms with Gasteiger partial charge >= 0.3 is 0 Å². The molecule has 0 radical (unpaired) electrons. The maximum atomic E-state index is 13.7. The average Bonchev–Trinajstić information content (AvgIpc) is 2.47. The number of benzene rings is 1. The molecule has 0 saturated carbocycles. The van der Waals surface area contributed by atoms with Crippen molar-refractivity contribution in [3.63, 3.8) is 0 Å². The number of hydrogen-bond donors (Lipinski definition) is 2. The molecule has 1 amide bonds. The van der Waals surface area contributed by atoms with Gasteiger partial charge in [0.1, 0.15) is 5.82 Å². The zero-order valence-electron chi connectivity index (χ0n) is 12.6. The zero-order valence-corrected chi connectivity index (χ0v) is 12.6. The van der Waals surface area contributed by atoms with Crippen molar-refractivity contribution >= 4 is 5.91 Å². The Morgan fingerprint density at radius 3 is 2.90 bits per heavy atom. The van der Waals surface area contributed by atoms with E-state index in [9.17, 15) is 9.18 Å². The van der Waals surface area contributed by atoms with Gasteiger partial charge in [0, 0.05) is 30.0 Å². The predicted octanol–water partition coefficient (Wildman–Crippen LogP) is 2.61. The van der Waals surface area contributed by atoms with Crippen LogP contribution in [0.4, 0.5) is 4.39 Å². The van der Waals surface area contributed by atoms with E-state index in [2.05, 4.69) is 17.2 Å². The lowest BCUT2D eigenvalue weighted by Crippen LogP contribution is -2.29. The third-order valence-corrected chi connectivity index (χ3v) is 3.14. The van der Waals surface area contributed by atoms with Gasteiger partial charge in [0.05, 0.1) is 6.61 Å². The summed E-state index contributed by atoms with van der Waals surface area (Å²) in [7, 11) is 0. The van der Waals surface area contributed by atoms with E-state index in [1.54, 1.807) is 12.1 Å². The standard InChI is InChI=1S/C17H22FNO2/c1-3-6-13(2)17(21)19-12-15-11-14(7-4-5-10-20)8-9-16(15)18/h8-9,11,13,20H,3,5-6,10,12H2,1-2H3,(H,19,21). The Morgan fingerprint density at radius 1 is 1.48 bits per heavy atom. The molecule has 1 aromatic rings. The molecule has 1 unspecified atom stereocenters. The van der Waals surface area contributed by atoms with Crippen LogP contribution in [0.1, 0.15) is 44.2 Å². The Morgan fingerprint density at radius 2 is 2.24 bits per heavy atom. The fourth-order valence-electron chi connectivity index (χ4n) is 1.93. The van der Waals surface area contributed by atoms with Gasteiger partial charge in [0.2, 0.25) is 5.91 Å². The first-order valence-corrected chi connectivity index (χ1v) is 7.24. The second kappa shape index (κ2) is 9.15. The first kappa shape index (κ1) is 17.2. The summed E-state index contributed by atoms with van der Waals surface area (Å²) in [4.78, 5) is 11.8. The van der Waals surface area contributed by atoms with Crippen LogP contribution in [0.5, 0.6) is 0 Å². The highest BCUT2D eigenvalue weighted by Gasteiger charge is 2.12. The average molecular weight is 291 g/mol. The minimum atomic E-state index is -0.355. The molecule has 3 nitrogen and oxygen atoms in total. The number of carbonyl (C=O) groups is 1. The molecular weight excluding hydrogens is 269 g/mol. The number of hydrogen-bond acceptors (Lipinski definition) is 2. The first-order chi connectivity index (χ1) is 10.1. The normalized spacial score (nSPS) is 11.4. The lowest BCUT2D eigenvalue weighted by Gasteiger charge is -2.11. The summed E-state index contributed by atoms with van der Waals surface area (Å²) in [6.07, 6.45) is 2.15. The van der Waals surface area contributed by atoms with Crippen molar-refractivity contribution in [2.24, 2.45) is 5.92 Å². The zero-order chi connectivity index (χ0) is 15.7. The molecule has 0 aliphatic heterocycles. The van der Waals surface area contributed by atoms with Crippen LogP contribution in [-0.2, 0) is 11.3 Å². The van der Waals surface area contributed by atoms with Crippen LogP contribution >= 0.6 is 0 Å². The monoisotopic (exact) mass is 291 g/mol. The van der Waals surface area contributed by atoms with Gasteiger partial charge in [-0.1, -0.05) is 32.1 Å². The van der Waals surface area contributed by atoms with Gasteiger partial charge in [-0.3, -0.25) is 4.79 Å². The second-order valence-electron chi connectivity index (χ2n) is 4.99. The number of nitrogens with one attached hydrogen (secondary N) is 1. The van der Waals surface area contributed by atoms with Gasteiger partial charge in [0.25, 0.3) is 0 Å². The third-order valence-electron chi connectivity index (χ3n) is 3.14. The third kappa shape index (κ3) is 5.97. The topological polar surface area (TPSA) is 49.3 Å². The minimum Gasteiger partial charge on any atom is -0.395 e. The van der Waals surface area contributed by atoms with Crippen molar-refractivity contribution in [2.75, 3.05) is 6.61 Å². The fraction of sp³-hybridized carbons (Fsp3) is 0.471. The van der Waals surface area contributed by atoms with Gasteiger partial charge in [-0.15, -0.1) is 0 Å². The molecule has 4 heteroatoms. The smallest absolute Gasteiger partial charge is 0.223 e. The van der Waals surface area contributed by atoms with Gasteiger partial charge in [-0.25, -0.2) is 4.39 Å². The Bertz CT molecular complexity index is 531. The molecule has 0 fully saturated rings. The van der Waals surface area contributed by atoms with E-state index < -0.39 is 0 Å². The van der Waals surface area contributed by atoms with E-state index in [1.807, 2.05) is 13.8 Å². The van der Waals surface area contributed by atoms with E-state index in [1.165, 1.54) is 6.07 Å². The van der Waals surface area contributed by atoms with Crippen molar-refractivity contribution in [2.45, 2.75) is 39.7 Å². The molecular formula is C17H22FNO2. The van der Waals surface area contributed by atoms with E-state index >= 15 is 0 Å². The van der Waals surface area contributed by atoms with Crippen molar-refractivity contribution < 1.29 is 14.3 Å². The highest BCUT2D eigenvalue weighted by molar-refractivity contribution is 5.78. The lowest BCUT2D eigenvalue weighted by molar-refractivity contribution is -0.124. The number of carbonyl (C=O) groups excluding carboxylic acids is 1. The summed E-state index contributed by atoms with van der Waals surface area (Å²) in [5.41, 5.74) is 1.10. The van der Waals surface area contributed by atoms with Crippen LogP contribution in [0.25, 0.3) is 0 Å². The van der Waals surface area contributed by atoms with Crippen LogP contribution in [0.15, 0.2) is 18.2 Å². The quantitative estimate of drug-likeness (QED) is 0.792. The summed E-state index contributed by atoms with van der Waals surface area (Å²) in [5, 5.41) is 11.4. The van der Waals surface area contributed by atoms with E-state index in [0.717, 1.165) is 12.8 Å².